The fraction of sp³-hybridized carbons (Fsp3) is 0.0714. The highest BCUT2D eigenvalue weighted by atomic mass is 16.4. The van der Waals surface area contributed by atoms with Crippen LogP contribution in [-0.4, -0.2) is 18.2 Å². The molecule has 1 aromatic carbocycles. The van der Waals surface area contributed by atoms with Crippen LogP contribution in [0, 0.1) is 0 Å². The number of nitrogens with zero attached hydrogens (tertiary/aromatic N) is 2. The molecule has 0 amide bonds. The van der Waals surface area contributed by atoms with Crippen molar-refractivity contribution in [2.24, 2.45) is 4.99 Å². The zero-order valence-corrected chi connectivity index (χ0v) is 9.96. The molecule has 0 fully saturated rings. The first-order valence-electron chi connectivity index (χ1n) is 5.40. The van der Waals surface area contributed by atoms with Crippen molar-refractivity contribution in [1.29, 1.82) is 0 Å². The minimum Gasteiger partial charge on any atom is -0.403 e. The lowest BCUT2D eigenvalue weighted by atomic mass is 10.2. The average molecular weight is 240 g/mol. The maximum absolute atomic E-state index is 11.7. The zero-order valence-electron chi connectivity index (χ0n) is 9.96. The van der Waals surface area contributed by atoms with E-state index >= 15 is 0 Å². The Bertz CT molecular complexity index is 696. The van der Waals surface area contributed by atoms with Crippen molar-refractivity contribution in [3.8, 4) is 0 Å². The maximum atomic E-state index is 11.7. The molecule has 0 aliphatic carbocycles. The Morgan fingerprint density at radius 1 is 1.44 bits per heavy atom. The summed E-state index contributed by atoms with van der Waals surface area (Å²) in [5.74, 6) is 0.222. The first-order chi connectivity index (χ1) is 8.72. The lowest BCUT2D eigenvalue weighted by Crippen LogP contribution is -2.03. The van der Waals surface area contributed by atoms with Crippen molar-refractivity contribution in [3.05, 3.63) is 59.3 Å². The van der Waals surface area contributed by atoms with Gasteiger partial charge in [-0.25, -0.2) is 9.78 Å². The molecule has 0 saturated heterocycles. The number of rotatable bonds is 3. The van der Waals surface area contributed by atoms with E-state index in [2.05, 4.69) is 16.6 Å². The van der Waals surface area contributed by atoms with Crippen LogP contribution in [0.3, 0.4) is 0 Å². The summed E-state index contributed by atoms with van der Waals surface area (Å²) in [5, 5.41) is 0.466. The summed E-state index contributed by atoms with van der Waals surface area (Å²) < 4.78 is 5.12. The number of benzene rings is 1. The zero-order chi connectivity index (χ0) is 13.0. The molecular formula is C14H12N2O2. The van der Waals surface area contributed by atoms with Gasteiger partial charge >= 0.3 is 5.63 Å². The van der Waals surface area contributed by atoms with Gasteiger partial charge in [-0.3, -0.25) is 4.99 Å². The number of para-hydroxylation sites is 1. The SMILES string of the molecule is C=C(/C=C\C=N/C)c1nc2ccccc2c(=O)o1. The number of aliphatic imine (C=N–C) groups is 1. The molecule has 0 atom stereocenters. The van der Waals surface area contributed by atoms with Gasteiger partial charge in [0.1, 0.15) is 0 Å². The Morgan fingerprint density at radius 2 is 2.22 bits per heavy atom. The Morgan fingerprint density at radius 3 is 3.00 bits per heavy atom. The summed E-state index contributed by atoms with van der Waals surface area (Å²) in [5.41, 5.74) is 0.717. The molecule has 2 aromatic rings. The smallest absolute Gasteiger partial charge is 0.347 e. The number of hydrogen-bond donors (Lipinski definition) is 0. The molecule has 18 heavy (non-hydrogen) atoms. The van der Waals surface area contributed by atoms with Crippen molar-refractivity contribution in [1.82, 2.24) is 4.98 Å². The Hall–Kier alpha value is -2.49. The fourth-order valence-corrected chi connectivity index (χ4v) is 1.47. The van der Waals surface area contributed by atoms with Crippen LogP contribution in [0.25, 0.3) is 16.5 Å². The molecule has 0 aliphatic heterocycles. The van der Waals surface area contributed by atoms with Crippen LogP contribution >= 0.6 is 0 Å². The van der Waals surface area contributed by atoms with Crippen molar-refractivity contribution >= 4 is 22.7 Å². The fourth-order valence-electron chi connectivity index (χ4n) is 1.47. The highest BCUT2D eigenvalue weighted by Crippen LogP contribution is 2.13. The van der Waals surface area contributed by atoms with Crippen LogP contribution in [0.4, 0.5) is 0 Å². The summed E-state index contributed by atoms with van der Waals surface area (Å²) in [6, 6.07) is 7.04. The molecule has 0 saturated carbocycles. The number of aromatic nitrogens is 1. The van der Waals surface area contributed by atoms with Crippen LogP contribution in [0.1, 0.15) is 5.89 Å². The molecule has 0 N–H and O–H groups in total. The predicted molar refractivity (Wildman–Crippen MR) is 72.9 cm³/mol. The number of fused-ring (bicyclic) bond motifs is 1. The molecule has 4 nitrogen and oxygen atoms in total. The molecule has 0 aliphatic rings. The lowest BCUT2D eigenvalue weighted by molar-refractivity contribution is 0.488. The summed E-state index contributed by atoms with van der Waals surface area (Å²) >= 11 is 0. The van der Waals surface area contributed by atoms with Gasteiger partial charge in [0.05, 0.1) is 10.9 Å². The molecule has 1 aromatic heterocycles. The van der Waals surface area contributed by atoms with E-state index < -0.39 is 5.63 Å². The van der Waals surface area contributed by atoms with Gasteiger partial charge in [-0.1, -0.05) is 18.7 Å². The van der Waals surface area contributed by atoms with E-state index in [4.69, 9.17) is 4.42 Å². The Kier molecular flexibility index (Phi) is 3.48. The second kappa shape index (κ2) is 5.23. The van der Waals surface area contributed by atoms with Gasteiger partial charge in [-0.15, -0.1) is 0 Å². The monoisotopic (exact) mass is 240 g/mol. The van der Waals surface area contributed by atoms with Crippen LogP contribution < -0.4 is 5.63 Å². The van der Waals surface area contributed by atoms with Gasteiger partial charge in [0, 0.05) is 18.8 Å². The molecule has 0 spiro atoms. The minimum absolute atomic E-state index is 0.222. The standard InChI is InChI=1S/C14H12N2O2/c1-10(6-5-9-15-2)13-16-12-8-4-3-7-11(12)14(17)18-13/h3-9H,1H2,2H3/b6-5-,15-9-. The van der Waals surface area contributed by atoms with E-state index in [0.29, 0.717) is 16.5 Å². The van der Waals surface area contributed by atoms with Gasteiger partial charge in [0.25, 0.3) is 0 Å². The van der Waals surface area contributed by atoms with Crippen molar-refractivity contribution in [3.63, 3.8) is 0 Å². The minimum atomic E-state index is -0.408. The van der Waals surface area contributed by atoms with Crippen LogP contribution in [0.5, 0.6) is 0 Å². The summed E-state index contributed by atoms with van der Waals surface area (Å²) in [6.45, 7) is 3.80. The lowest BCUT2D eigenvalue weighted by Gasteiger charge is -2.00. The molecular weight excluding hydrogens is 228 g/mol. The van der Waals surface area contributed by atoms with E-state index in [1.54, 1.807) is 43.6 Å². The van der Waals surface area contributed by atoms with Crippen LogP contribution in [0.2, 0.25) is 0 Å². The molecule has 90 valence electrons. The molecule has 4 heteroatoms. The van der Waals surface area contributed by atoms with Crippen LogP contribution in [0.15, 0.2) is 57.2 Å². The van der Waals surface area contributed by atoms with Crippen molar-refractivity contribution < 1.29 is 4.42 Å². The Labute approximate surface area is 104 Å². The maximum Gasteiger partial charge on any atom is 0.347 e. The average Bonchev–Trinajstić information content (AvgIpc) is 2.39. The third-order valence-corrected chi connectivity index (χ3v) is 2.34. The van der Waals surface area contributed by atoms with Gasteiger partial charge in [-0.2, -0.15) is 0 Å². The third kappa shape index (κ3) is 2.43. The molecule has 0 bridgehead atoms. The van der Waals surface area contributed by atoms with Gasteiger partial charge < -0.3 is 4.42 Å². The van der Waals surface area contributed by atoms with Gasteiger partial charge in [0.15, 0.2) is 0 Å². The Balaban J connectivity index is 2.47. The molecule has 0 unspecified atom stereocenters. The first kappa shape index (κ1) is 12.0. The third-order valence-electron chi connectivity index (χ3n) is 2.34. The quantitative estimate of drug-likeness (QED) is 0.611. The highest BCUT2D eigenvalue weighted by Gasteiger charge is 2.06. The summed E-state index contributed by atoms with van der Waals surface area (Å²) in [7, 11) is 1.67. The van der Waals surface area contributed by atoms with Crippen LogP contribution in [-0.2, 0) is 0 Å². The van der Waals surface area contributed by atoms with Crippen molar-refractivity contribution in [2.45, 2.75) is 0 Å². The largest absolute Gasteiger partial charge is 0.403 e. The topological polar surface area (TPSA) is 55.5 Å². The molecule has 2 rings (SSSR count). The number of allylic oxidation sites excluding steroid dienone is 3. The normalized spacial score (nSPS) is 11.6. The van der Waals surface area contributed by atoms with E-state index in [1.807, 2.05) is 6.07 Å². The van der Waals surface area contributed by atoms with E-state index in [-0.39, 0.29) is 5.89 Å². The summed E-state index contributed by atoms with van der Waals surface area (Å²) in [6.07, 6.45) is 5.01. The van der Waals surface area contributed by atoms with Gasteiger partial charge in [0.2, 0.25) is 5.89 Å². The predicted octanol–water partition coefficient (Wildman–Crippen LogP) is 2.46. The number of hydrogen-bond acceptors (Lipinski definition) is 4. The van der Waals surface area contributed by atoms with Gasteiger partial charge in [-0.05, 0) is 24.3 Å². The van der Waals surface area contributed by atoms with E-state index in [9.17, 15) is 4.79 Å². The molecule has 1 heterocycles. The second-order valence-corrected chi connectivity index (χ2v) is 3.62. The molecule has 0 radical (unpaired) electrons. The van der Waals surface area contributed by atoms with Crippen molar-refractivity contribution in [2.75, 3.05) is 7.05 Å². The van der Waals surface area contributed by atoms with E-state index in [1.165, 1.54) is 0 Å². The second-order valence-electron chi connectivity index (χ2n) is 3.62. The summed E-state index contributed by atoms with van der Waals surface area (Å²) in [4.78, 5) is 19.8. The highest BCUT2D eigenvalue weighted by molar-refractivity contribution is 5.81. The first-order valence-corrected chi connectivity index (χ1v) is 5.40. The van der Waals surface area contributed by atoms with E-state index in [0.717, 1.165) is 0 Å².